The van der Waals surface area contributed by atoms with Crippen molar-refractivity contribution >= 4 is 8.81 Å². The lowest BCUT2D eigenvalue weighted by Gasteiger charge is -2.07. The van der Waals surface area contributed by atoms with E-state index in [1.54, 1.807) is 0 Å². The van der Waals surface area contributed by atoms with Crippen LogP contribution in [0, 0.1) is 12.8 Å². The maximum Gasteiger partial charge on any atom is 0.123 e. The van der Waals surface area contributed by atoms with Crippen molar-refractivity contribution < 1.29 is 4.52 Å². The third-order valence-electron chi connectivity index (χ3n) is 2.00. The maximum atomic E-state index is 5.67. The lowest BCUT2D eigenvalue weighted by Crippen LogP contribution is -1.90. The molecule has 1 aromatic rings. The van der Waals surface area contributed by atoms with Crippen LogP contribution in [0.5, 0.6) is 5.75 Å². The van der Waals surface area contributed by atoms with E-state index in [2.05, 4.69) is 32.9 Å². The molecule has 78 valence electrons. The van der Waals surface area contributed by atoms with Crippen molar-refractivity contribution in [1.82, 2.24) is 0 Å². The van der Waals surface area contributed by atoms with Crippen molar-refractivity contribution in [1.29, 1.82) is 0 Å². The van der Waals surface area contributed by atoms with E-state index in [1.807, 2.05) is 12.1 Å². The summed E-state index contributed by atoms with van der Waals surface area (Å²) >= 11 is 0. The van der Waals surface area contributed by atoms with Crippen LogP contribution in [0.15, 0.2) is 24.3 Å². The maximum absolute atomic E-state index is 5.67. The molecule has 2 heteroatoms. The molecule has 0 fully saturated rings. The van der Waals surface area contributed by atoms with E-state index < -0.39 is 0 Å². The van der Waals surface area contributed by atoms with Gasteiger partial charge in [-0.25, -0.2) is 0 Å². The zero-order valence-corrected chi connectivity index (χ0v) is 10.2. The molecule has 0 spiro atoms. The molecule has 0 saturated heterocycles. The fourth-order valence-corrected chi connectivity index (χ4v) is 2.25. The van der Waals surface area contributed by atoms with Crippen molar-refractivity contribution in [2.24, 2.45) is 5.92 Å². The van der Waals surface area contributed by atoms with Crippen LogP contribution in [0.25, 0.3) is 0 Å². The smallest absolute Gasteiger partial charge is 0.123 e. The normalized spacial score (nSPS) is 11.4. The largest absolute Gasteiger partial charge is 0.477 e. The summed E-state index contributed by atoms with van der Waals surface area (Å²) in [7, 11) is 0.599. The van der Waals surface area contributed by atoms with Crippen LogP contribution in [0.4, 0.5) is 0 Å². The first-order chi connectivity index (χ1) is 6.68. The standard InChI is InChI=1S/C12H19OP/c1-10(2)7-8-14-13-12-6-4-5-11(3)9-12/h4-6,9-10,14H,7-8H2,1-3H3. The van der Waals surface area contributed by atoms with Gasteiger partial charge in [-0.05, 0) is 37.0 Å². The van der Waals surface area contributed by atoms with Crippen LogP contribution in [0.2, 0.25) is 0 Å². The highest BCUT2D eigenvalue weighted by atomic mass is 31.1. The molecular weight excluding hydrogens is 191 g/mol. The predicted octanol–water partition coefficient (Wildman–Crippen LogP) is 4.01. The number of benzene rings is 1. The number of hydrogen-bond acceptors (Lipinski definition) is 1. The van der Waals surface area contributed by atoms with E-state index in [-0.39, 0.29) is 0 Å². The third-order valence-corrected chi connectivity index (χ3v) is 2.88. The Hall–Kier alpha value is -0.550. The van der Waals surface area contributed by atoms with Gasteiger partial charge in [0.1, 0.15) is 5.75 Å². The van der Waals surface area contributed by atoms with Gasteiger partial charge >= 0.3 is 0 Å². The van der Waals surface area contributed by atoms with Gasteiger partial charge in [0.25, 0.3) is 0 Å². The highest BCUT2D eigenvalue weighted by Gasteiger charge is 1.96. The van der Waals surface area contributed by atoms with E-state index in [4.69, 9.17) is 4.52 Å². The fourth-order valence-electron chi connectivity index (χ4n) is 1.16. The van der Waals surface area contributed by atoms with E-state index in [9.17, 15) is 0 Å². The minimum Gasteiger partial charge on any atom is -0.477 e. The summed E-state index contributed by atoms with van der Waals surface area (Å²) < 4.78 is 5.67. The van der Waals surface area contributed by atoms with Gasteiger partial charge < -0.3 is 4.52 Å². The predicted molar refractivity (Wildman–Crippen MR) is 64.4 cm³/mol. The Morgan fingerprint density at radius 1 is 1.36 bits per heavy atom. The summed E-state index contributed by atoms with van der Waals surface area (Å²) in [6, 6.07) is 8.24. The molecular formula is C12H19OP. The molecule has 14 heavy (non-hydrogen) atoms. The summed E-state index contributed by atoms with van der Waals surface area (Å²) in [5.41, 5.74) is 1.26. The molecule has 0 N–H and O–H groups in total. The lowest BCUT2D eigenvalue weighted by molar-refractivity contribution is 0.597. The first kappa shape index (κ1) is 11.5. The summed E-state index contributed by atoms with van der Waals surface area (Å²) in [5, 5.41) is 0. The average molecular weight is 210 g/mol. The third kappa shape index (κ3) is 4.62. The molecule has 1 aromatic carbocycles. The lowest BCUT2D eigenvalue weighted by atomic mass is 10.2. The van der Waals surface area contributed by atoms with Crippen LogP contribution in [-0.2, 0) is 0 Å². The van der Waals surface area contributed by atoms with Crippen molar-refractivity contribution in [2.75, 3.05) is 6.16 Å². The Balaban J connectivity index is 2.25. The van der Waals surface area contributed by atoms with Gasteiger partial charge in [0, 0.05) is 6.16 Å². The zero-order valence-electron chi connectivity index (χ0n) is 9.21. The van der Waals surface area contributed by atoms with Crippen molar-refractivity contribution in [2.45, 2.75) is 27.2 Å². The second kappa shape index (κ2) is 6.03. The van der Waals surface area contributed by atoms with Gasteiger partial charge in [-0.1, -0.05) is 26.0 Å². The second-order valence-corrected chi connectivity index (χ2v) is 4.99. The molecule has 0 amide bonds. The Kier molecular flexibility index (Phi) is 4.97. The SMILES string of the molecule is Cc1cccc(OPCCC(C)C)c1. The zero-order chi connectivity index (χ0) is 10.4. The summed E-state index contributed by atoms with van der Waals surface area (Å²) in [5.74, 6) is 1.79. The Morgan fingerprint density at radius 3 is 2.79 bits per heavy atom. The molecule has 0 bridgehead atoms. The van der Waals surface area contributed by atoms with Gasteiger partial charge in [0.05, 0.1) is 8.81 Å². The Bertz CT molecular complexity index is 271. The van der Waals surface area contributed by atoms with Gasteiger partial charge in [-0.3, -0.25) is 0 Å². The summed E-state index contributed by atoms with van der Waals surface area (Å²) in [6.07, 6.45) is 2.43. The highest BCUT2D eigenvalue weighted by molar-refractivity contribution is 7.32. The van der Waals surface area contributed by atoms with Crippen molar-refractivity contribution in [3.05, 3.63) is 29.8 Å². The summed E-state index contributed by atoms with van der Waals surface area (Å²) in [6.45, 7) is 6.58. The number of hydrogen-bond donors (Lipinski definition) is 0. The minimum absolute atomic E-state index is 0.599. The molecule has 0 aliphatic heterocycles. The monoisotopic (exact) mass is 210 g/mol. The molecule has 0 saturated carbocycles. The molecule has 1 nitrogen and oxygen atoms in total. The molecule has 1 rings (SSSR count). The Morgan fingerprint density at radius 2 is 2.14 bits per heavy atom. The quantitative estimate of drug-likeness (QED) is 0.527. The van der Waals surface area contributed by atoms with Crippen molar-refractivity contribution in [3.63, 3.8) is 0 Å². The minimum atomic E-state index is 0.599. The molecule has 0 aliphatic rings. The van der Waals surface area contributed by atoms with E-state index in [1.165, 1.54) is 18.1 Å². The molecule has 0 aromatic heterocycles. The van der Waals surface area contributed by atoms with Gasteiger partial charge in [0.2, 0.25) is 0 Å². The average Bonchev–Trinajstić information content (AvgIpc) is 2.12. The van der Waals surface area contributed by atoms with Gasteiger partial charge in [-0.2, -0.15) is 0 Å². The number of aryl methyl sites for hydroxylation is 1. The Labute approximate surface area is 88.7 Å². The van der Waals surface area contributed by atoms with Crippen LogP contribution >= 0.6 is 8.81 Å². The molecule has 0 aliphatic carbocycles. The van der Waals surface area contributed by atoms with E-state index >= 15 is 0 Å². The van der Waals surface area contributed by atoms with E-state index in [0.29, 0.717) is 8.81 Å². The topological polar surface area (TPSA) is 9.23 Å². The van der Waals surface area contributed by atoms with E-state index in [0.717, 1.165) is 11.7 Å². The number of rotatable bonds is 5. The highest BCUT2D eigenvalue weighted by Crippen LogP contribution is 2.22. The second-order valence-electron chi connectivity index (χ2n) is 4.00. The van der Waals surface area contributed by atoms with Crippen LogP contribution in [-0.4, -0.2) is 6.16 Å². The summed E-state index contributed by atoms with van der Waals surface area (Å²) in [4.78, 5) is 0. The van der Waals surface area contributed by atoms with Crippen LogP contribution in [0.1, 0.15) is 25.8 Å². The fraction of sp³-hybridized carbons (Fsp3) is 0.500. The molecule has 1 unspecified atom stereocenters. The van der Waals surface area contributed by atoms with Gasteiger partial charge in [0.15, 0.2) is 0 Å². The molecule has 0 radical (unpaired) electrons. The van der Waals surface area contributed by atoms with Crippen LogP contribution in [0.3, 0.4) is 0 Å². The molecule has 1 atom stereocenters. The van der Waals surface area contributed by atoms with Crippen molar-refractivity contribution in [3.8, 4) is 5.75 Å². The van der Waals surface area contributed by atoms with Crippen LogP contribution < -0.4 is 4.52 Å². The first-order valence-electron chi connectivity index (χ1n) is 5.15. The van der Waals surface area contributed by atoms with Gasteiger partial charge in [-0.15, -0.1) is 0 Å². The molecule has 0 heterocycles. The first-order valence-corrected chi connectivity index (χ1v) is 6.26.